The summed E-state index contributed by atoms with van der Waals surface area (Å²) in [6.07, 6.45) is 2.95. The van der Waals surface area contributed by atoms with Crippen LogP contribution >= 0.6 is 0 Å². The Kier molecular flexibility index (Phi) is 18.2. The predicted molar refractivity (Wildman–Crippen MR) is 263 cm³/mol. The zero-order valence-corrected chi connectivity index (χ0v) is 38.5. The first kappa shape index (κ1) is 48.3. The van der Waals surface area contributed by atoms with Crippen molar-refractivity contribution >= 4 is 45.0 Å². The van der Waals surface area contributed by atoms with Crippen LogP contribution in [0.4, 0.5) is 11.6 Å². The molecule has 2 heterocycles. The van der Waals surface area contributed by atoms with E-state index in [4.69, 9.17) is 0 Å². The Bertz CT molecular complexity index is 2670. The van der Waals surface area contributed by atoms with E-state index in [-0.39, 0.29) is 18.4 Å². The number of carbonyl (C=O) groups is 2. The Balaban J connectivity index is 0.000000241. The maximum atomic E-state index is 12.7. The van der Waals surface area contributed by atoms with Crippen molar-refractivity contribution < 1.29 is 14.7 Å². The third-order valence-electron chi connectivity index (χ3n) is 11.2. The summed E-state index contributed by atoms with van der Waals surface area (Å²) in [5, 5.41) is 26.4. The van der Waals surface area contributed by atoms with Crippen LogP contribution in [0.1, 0.15) is 81.8 Å². The lowest BCUT2D eigenvalue weighted by Crippen LogP contribution is -2.40. The lowest BCUT2D eigenvalue weighted by Gasteiger charge is -2.22. The molecule has 2 amide bonds. The van der Waals surface area contributed by atoms with Crippen LogP contribution in [-0.4, -0.2) is 109 Å². The van der Waals surface area contributed by atoms with E-state index in [9.17, 15) is 14.7 Å². The van der Waals surface area contributed by atoms with E-state index in [0.717, 1.165) is 99.3 Å². The van der Waals surface area contributed by atoms with Crippen LogP contribution in [0.25, 0.3) is 21.5 Å². The summed E-state index contributed by atoms with van der Waals surface area (Å²) in [4.78, 5) is 38.6. The Morgan fingerprint density at radius 3 is 1.45 bits per heavy atom. The van der Waals surface area contributed by atoms with Gasteiger partial charge in [0.25, 0.3) is 11.8 Å². The first-order valence-electron chi connectivity index (χ1n) is 22.1. The number of fused-ring (bicyclic) bond motifs is 2. The van der Waals surface area contributed by atoms with Gasteiger partial charge in [-0.15, -0.1) is 0 Å². The summed E-state index contributed by atoms with van der Waals surface area (Å²) in [6.45, 7) is 18.2. The third kappa shape index (κ3) is 12.9. The van der Waals surface area contributed by atoms with E-state index >= 15 is 0 Å². The number of hydrogen-bond acceptors (Lipinski definition) is 9. The van der Waals surface area contributed by atoms with Crippen LogP contribution in [0.5, 0.6) is 0 Å². The first-order chi connectivity index (χ1) is 31.0. The minimum absolute atomic E-state index is 0.0688. The Labute approximate surface area is 379 Å². The molecule has 0 aliphatic carbocycles. The van der Waals surface area contributed by atoms with E-state index in [0.29, 0.717) is 24.2 Å². The van der Waals surface area contributed by atoms with Crippen molar-refractivity contribution in [2.24, 2.45) is 0 Å². The van der Waals surface area contributed by atoms with Crippen molar-refractivity contribution in [3.8, 4) is 23.7 Å². The van der Waals surface area contributed by atoms with Crippen molar-refractivity contribution in [3.63, 3.8) is 0 Å². The molecule has 1 atom stereocenters. The fraction of sp³-hybridized carbons (Fsp3) is 0.321. The average molecular weight is 859 g/mol. The molecular weight excluding hydrogens is 797 g/mol. The van der Waals surface area contributed by atoms with Gasteiger partial charge in [0, 0.05) is 96.5 Å². The molecule has 0 fully saturated rings. The molecule has 0 bridgehead atoms. The molecule has 11 heteroatoms. The number of nitrogens with zero attached hydrogens (tertiary/aromatic N) is 4. The number of aliphatic hydroxyl groups excluding tert-OH is 1. The lowest BCUT2D eigenvalue weighted by atomic mass is 10.0. The van der Waals surface area contributed by atoms with Crippen molar-refractivity contribution in [1.29, 1.82) is 0 Å². The fourth-order valence-corrected chi connectivity index (χ4v) is 7.17. The van der Waals surface area contributed by atoms with Crippen molar-refractivity contribution in [2.45, 2.75) is 47.6 Å². The Hall–Kier alpha value is -6.76. The molecule has 11 nitrogen and oxygen atoms in total. The molecule has 4 aromatic carbocycles. The molecule has 0 saturated carbocycles. The number of anilines is 2. The summed E-state index contributed by atoms with van der Waals surface area (Å²) >= 11 is 0. The number of benzene rings is 4. The van der Waals surface area contributed by atoms with Gasteiger partial charge in [0.1, 0.15) is 11.6 Å². The van der Waals surface area contributed by atoms with E-state index in [1.54, 1.807) is 24.5 Å². The number of aromatic nitrogens is 2. The van der Waals surface area contributed by atoms with Gasteiger partial charge in [0.15, 0.2) is 0 Å². The van der Waals surface area contributed by atoms with E-state index in [2.05, 4.69) is 98.5 Å². The van der Waals surface area contributed by atoms with Crippen LogP contribution in [-0.2, 0) is 0 Å². The highest BCUT2D eigenvalue weighted by molar-refractivity contribution is 5.97. The quantitative estimate of drug-likeness (QED) is 0.0667. The van der Waals surface area contributed by atoms with Crippen molar-refractivity contribution in [2.75, 3.05) is 77.1 Å². The monoisotopic (exact) mass is 858 g/mol. The average Bonchev–Trinajstić information content (AvgIpc) is 3.33. The van der Waals surface area contributed by atoms with Crippen LogP contribution < -0.4 is 21.3 Å². The number of amides is 2. The summed E-state index contributed by atoms with van der Waals surface area (Å²) in [5.41, 5.74) is 6.50. The lowest BCUT2D eigenvalue weighted by molar-refractivity contribution is 0.0869. The Morgan fingerprint density at radius 1 is 0.594 bits per heavy atom. The smallest absolute Gasteiger partial charge is 0.251 e. The SMILES string of the molecule is CCN(CC)CC(O)CNC(=O)c1ccc(C)c(C#Cc2cnc(NC)c3ccccc23)c1.CCN(CC)CCNC(=O)c1ccc(C)c(C#Cc2cnc(NC)c3ccccc23)c1. The number of pyridine rings is 2. The first-order valence-corrected chi connectivity index (χ1v) is 22.1. The van der Waals surface area contributed by atoms with Crippen LogP contribution in [0.3, 0.4) is 0 Å². The van der Waals surface area contributed by atoms with E-state index in [1.165, 1.54) is 0 Å². The number of nitrogens with one attached hydrogen (secondary N) is 4. The molecule has 1 unspecified atom stereocenters. The molecule has 64 heavy (non-hydrogen) atoms. The molecule has 0 saturated heterocycles. The highest BCUT2D eigenvalue weighted by atomic mass is 16.3. The Morgan fingerprint density at radius 2 is 1.02 bits per heavy atom. The number of aryl methyl sites for hydroxylation is 2. The highest BCUT2D eigenvalue weighted by Gasteiger charge is 2.14. The van der Waals surface area contributed by atoms with Gasteiger partial charge in [-0.05, 0) is 75.4 Å². The second-order valence-electron chi connectivity index (χ2n) is 15.3. The van der Waals surface area contributed by atoms with Gasteiger partial charge in [-0.3, -0.25) is 9.59 Å². The second-order valence-corrected chi connectivity index (χ2v) is 15.3. The normalized spacial score (nSPS) is 11.2. The highest BCUT2D eigenvalue weighted by Crippen LogP contribution is 2.25. The number of aliphatic hydroxyl groups is 1. The molecule has 2 aromatic heterocycles. The number of hydrogen-bond donors (Lipinski definition) is 5. The molecule has 0 aliphatic heterocycles. The van der Waals surface area contributed by atoms with Gasteiger partial charge in [-0.1, -0.05) is 112 Å². The van der Waals surface area contributed by atoms with Crippen LogP contribution in [0.15, 0.2) is 97.3 Å². The zero-order valence-electron chi connectivity index (χ0n) is 38.5. The van der Waals surface area contributed by atoms with Gasteiger partial charge in [0.05, 0.1) is 17.2 Å². The second kappa shape index (κ2) is 24.2. The topological polar surface area (TPSA) is 135 Å². The summed E-state index contributed by atoms with van der Waals surface area (Å²) in [5.74, 6) is 14.3. The summed E-state index contributed by atoms with van der Waals surface area (Å²) in [6, 6.07) is 27.2. The van der Waals surface area contributed by atoms with E-state index < -0.39 is 6.10 Å². The minimum atomic E-state index is -0.611. The van der Waals surface area contributed by atoms with Crippen molar-refractivity contribution in [3.05, 3.63) is 142 Å². The minimum Gasteiger partial charge on any atom is -0.390 e. The maximum Gasteiger partial charge on any atom is 0.251 e. The van der Waals surface area contributed by atoms with Gasteiger partial charge in [-0.2, -0.15) is 0 Å². The van der Waals surface area contributed by atoms with Gasteiger partial charge >= 0.3 is 0 Å². The maximum absolute atomic E-state index is 12.7. The van der Waals surface area contributed by atoms with Crippen LogP contribution in [0, 0.1) is 37.5 Å². The van der Waals surface area contributed by atoms with Crippen LogP contribution in [0.2, 0.25) is 0 Å². The summed E-state index contributed by atoms with van der Waals surface area (Å²) < 4.78 is 0. The number of carbonyl (C=O) groups excluding carboxylic acids is 2. The third-order valence-corrected chi connectivity index (χ3v) is 11.2. The standard InChI is InChI=1S/C27H32N4O2.C26H30N4O/c1-5-31(6-2)18-23(32)17-30-27(33)21-12-11-19(3)20(15-21)13-14-22-16-29-26(28-4)25-10-8-7-9-24(22)25;1-5-30(6-2)16-15-28-26(31)21-12-11-19(3)20(17-21)13-14-22-18-29-25(27-4)24-10-8-7-9-23(22)24/h7-12,15-16,23,32H,5-6,17-18H2,1-4H3,(H,28,29)(H,30,33);7-12,17-18H,5-6,15-16H2,1-4H3,(H,27,29)(H,28,31). The van der Waals surface area contributed by atoms with E-state index in [1.807, 2.05) is 94.7 Å². The fourth-order valence-electron chi connectivity index (χ4n) is 7.17. The van der Waals surface area contributed by atoms with Gasteiger partial charge < -0.3 is 36.2 Å². The largest absolute Gasteiger partial charge is 0.390 e. The van der Waals surface area contributed by atoms with Gasteiger partial charge in [0.2, 0.25) is 0 Å². The summed E-state index contributed by atoms with van der Waals surface area (Å²) in [7, 11) is 3.71. The molecule has 0 spiro atoms. The predicted octanol–water partition coefficient (Wildman–Crippen LogP) is 7.47. The molecular formula is C53H62N8O3. The molecule has 5 N–H and O–H groups in total. The van der Waals surface area contributed by atoms with Gasteiger partial charge in [-0.25, -0.2) is 9.97 Å². The number of likely N-dealkylation sites (N-methyl/N-ethyl adjacent to an activating group) is 2. The number of rotatable bonds is 15. The van der Waals surface area contributed by atoms with Crippen molar-refractivity contribution in [1.82, 2.24) is 30.4 Å². The molecule has 332 valence electrons. The molecule has 6 rings (SSSR count). The zero-order chi connectivity index (χ0) is 46.0. The molecule has 6 aromatic rings. The molecule has 0 radical (unpaired) electrons. The molecule has 0 aliphatic rings.